The fraction of sp³-hybridized carbons (Fsp3) is 0.310. The average molecular weight is 488 g/mol. The maximum Gasteiger partial charge on any atom is 0.335 e. The highest BCUT2D eigenvalue weighted by molar-refractivity contribution is 5.90. The predicted octanol–water partition coefficient (Wildman–Crippen LogP) is 4.99. The van der Waals surface area contributed by atoms with Gasteiger partial charge in [0, 0.05) is 18.1 Å². The Morgan fingerprint density at radius 2 is 1.69 bits per heavy atom. The number of benzene rings is 3. The van der Waals surface area contributed by atoms with Gasteiger partial charge in [-0.1, -0.05) is 18.2 Å². The van der Waals surface area contributed by atoms with Gasteiger partial charge in [-0.2, -0.15) is 0 Å². The molecule has 7 nitrogen and oxygen atoms in total. The molecule has 0 spiro atoms. The normalized spacial score (nSPS) is 22.1. The topological polar surface area (TPSA) is 94.1 Å². The number of amides is 1. The monoisotopic (exact) mass is 487 g/mol. The number of aryl methyl sites for hydroxylation is 1. The summed E-state index contributed by atoms with van der Waals surface area (Å²) in [6.07, 6.45) is 1.70. The Bertz CT molecular complexity index is 1320. The SMILES string of the molecule is COc1ccc2c(c1)CC[C@]2(C)C(=O)N[C@@H]1C[C@H](c2ccc(C(=O)O)cc2)Oc2cc(OC)ccc21. The molecule has 0 saturated heterocycles. The number of carboxylic acid groups (broad SMARTS) is 1. The molecule has 3 aromatic rings. The Morgan fingerprint density at radius 1 is 1.00 bits per heavy atom. The van der Waals surface area contributed by atoms with Gasteiger partial charge in [0.05, 0.1) is 31.2 Å². The third-order valence-electron chi connectivity index (χ3n) is 7.45. The molecular formula is C29H29NO6. The highest BCUT2D eigenvalue weighted by Gasteiger charge is 2.43. The van der Waals surface area contributed by atoms with Crippen LogP contribution in [0.1, 0.15) is 64.5 Å². The van der Waals surface area contributed by atoms with Crippen LogP contribution in [0.4, 0.5) is 0 Å². The average Bonchev–Trinajstić information content (AvgIpc) is 3.25. The number of carboxylic acids is 1. The molecule has 36 heavy (non-hydrogen) atoms. The minimum Gasteiger partial charge on any atom is -0.497 e. The quantitative estimate of drug-likeness (QED) is 0.509. The van der Waals surface area contributed by atoms with E-state index in [1.54, 1.807) is 38.5 Å². The summed E-state index contributed by atoms with van der Waals surface area (Å²) >= 11 is 0. The van der Waals surface area contributed by atoms with Crippen LogP contribution in [0, 0.1) is 0 Å². The van der Waals surface area contributed by atoms with Crippen molar-refractivity contribution in [3.63, 3.8) is 0 Å². The largest absolute Gasteiger partial charge is 0.497 e. The van der Waals surface area contributed by atoms with E-state index in [4.69, 9.17) is 14.2 Å². The molecule has 7 heteroatoms. The van der Waals surface area contributed by atoms with E-state index in [0.717, 1.165) is 40.8 Å². The van der Waals surface area contributed by atoms with Crippen molar-refractivity contribution in [2.24, 2.45) is 0 Å². The number of carbonyl (C=O) groups excluding carboxylic acids is 1. The summed E-state index contributed by atoms with van der Waals surface area (Å²) in [5.74, 6) is 1.09. The standard InChI is InChI=1S/C29H29NO6/c1-29(13-12-19-14-20(34-2)9-11-23(19)29)28(33)30-24-16-25(17-4-6-18(7-5-17)27(31)32)36-26-15-21(35-3)8-10-22(24)26/h4-11,14-15,24-25H,12-13,16H2,1-3H3,(H,30,33)(H,31,32)/t24-,25-,29+/m1/s1. The van der Waals surface area contributed by atoms with Crippen molar-refractivity contribution in [1.29, 1.82) is 0 Å². The van der Waals surface area contributed by atoms with E-state index >= 15 is 0 Å². The zero-order valence-electron chi connectivity index (χ0n) is 20.5. The van der Waals surface area contributed by atoms with E-state index in [1.165, 1.54) is 0 Å². The third-order valence-corrected chi connectivity index (χ3v) is 7.45. The van der Waals surface area contributed by atoms with Gasteiger partial charge in [-0.15, -0.1) is 0 Å². The zero-order chi connectivity index (χ0) is 25.4. The van der Waals surface area contributed by atoms with Crippen LogP contribution in [0.25, 0.3) is 0 Å². The number of hydrogen-bond acceptors (Lipinski definition) is 5. The number of methoxy groups -OCH3 is 2. The highest BCUT2D eigenvalue weighted by atomic mass is 16.5. The van der Waals surface area contributed by atoms with Crippen molar-refractivity contribution in [1.82, 2.24) is 5.32 Å². The molecule has 2 aliphatic rings. The number of hydrogen-bond donors (Lipinski definition) is 2. The van der Waals surface area contributed by atoms with Crippen LogP contribution < -0.4 is 19.5 Å². The third kappa shape index (κ3) is 4.15. The van der Waals surface area contributed by atoms with Crippen molar-refractivity contribution >= 4 is 11.9 Å². The van der Waals surface area contributed by atoms with Crippen LogP contribution in [0.2, 0.25) is 0 Å². The first-order valence-corrected chi connectivity index (χ1v) is 12.0. The molecule has 1 aliphatic heterocycles. The van der Waals surface area contributed by atoms with E-state index in [2.05, 4.69) is 5.32 Å². The number of ether oxygens (including phenoxy) is 3. The van der Waals surface area contributed by atoms with Crippen molar-refractivity contribution in [3.05, 3.63) is 88.5 Å². The number of fused-ring (bicyclic) bond motifs is 2. The van der Waals surface area contributed by atoms with E-state index < -0.39 is 11.4 Å². The van der Waals surface area contributed by atoms with Gasteiger partial charge in [-0.25, -0.2) is 4.79 Å². The Balaban J connectivity index is 1.45. The zero-order valence-corrected chi connectivity index (χ0v) is 20.5. The number of aromatic carboxylic acids is 1. The van der Waals surface area contributed by atoms with Crippen molar-refractivity contribution in [2.45, 2.75) is 43.7 Å². The summed E-state index contributed by atoms with van der Waals surface area (Å²) in [7, 11) is 3.24. The lowest BCUT2D eigenvalue weighted by Gasteiger charge is -2.35. The minimum absolute atomic E-state index is 0.0277. The molecule has 0 saturated carbocycles. The first-order valence-electron chi connectivity index (χ1n) is 12.0. The number of rotatable bonds is 6. The van der Waals surface area contributed by atoms with Gasteiger partial charge in [-0.05, 0) is 72.9 Å². The molecule has 1 amide bonds. The smallest absolute Gasteiger partial charge is 0.335 e. The lowest BCUT2D eigenvalue weighted by molar-refractivity contribution is -0.127. The van der Waals surface area contributed by atoms with E-state index in [9.17, 15) is 14.7 Å². The summed E-state index contributed by atoms with van der Waals surface area (Å²) in [6, 6.07) is 17.9. The Hall–Kier alpha value is -4.00. The van der Waals surface area contributed by atoms with Gasteiger partial charge in [0.25, 0.3) is 0 Å². The van der Waals surface area contributed by atoms with Crippen LogP contribution in [0.3, 0.4) is 0 Å². The second-order valence-electron chi connectivity index (χ2n) is 9.55. The van der Waals surface area contributed by atoms with Gasteiger partial charge in [-0.3, -0.25) is 4.79 Å². The van der Waals surface area contributed by atoms with E-state index in [1.807, 2.05) is 43.3 Å². The Labute approximate surface area is 210 Å². The molecule has 2 N–H and O–H groups in total. The van der Waals surface area contributed by atoms with Crippen molar-refractivity contribution in [3.8, 4) is 17.2 Å². The summed E-state index contributed by atoms with van der Waals surface area (Å²) in [5.41, 5.74) is 3.47. The maximum atomic E-state index is 13.8. The molecule has 0 aromatic heterocycles. The molecule has 3 aromatic carbocycles. The molecule has 0 bridgehead atoms. The molecule has 0 radical (unpaired) electrons. The first-order chi connectivity index (χ1) is 17.3. The fourth-order valence-corrected chi connectivity index (χ4v) is 5.27. The van der Waals surface area contributed by atoms with Crippen LogP contribution >= 0.6 is 0 Å². The van der Waals surface area contributed by atoms with Gasteiger partial charge < -0.3 is 24.6 Å². The lowest BCUT2D eigenvalue weighted by atomic mass is 9.82. The van der Waals surface area contributed by atoms with Crippen molar-refractivity contribution < 1.29 is 28.9 Å². The van der Waals surface area contributed by atoms with E-state index in [-0.39, 0.29) is 23.6 Å². The second kappa shape index (κ2) is 9.22. The number of nitrogens with one attached hydrogen (secondary N) is 1. The van der Waals surface area contributed by atoms with Crippen LogP contribution in [0.5, 0.6) is 17.2 Å². The molecule has 186 valence electrons. The lowest BCUT2D eigenvalue weighted by Crippen LogP contribution is -2.44. The summed E-state index contributed by atoms with van der Waals surface area (Å²) in [4.78, 5) is 25.1. The minimum atomic E-state index is -0.978. The summed E-state index contributed by atoms with van der Waals surface area (Å²) in [5, 5.41) is 12.6. The van der Waals surface area contributed by atoms with E-state index in [0.29, 0.717) is 17.9 Å². The summed E-state index contributed by atoms with van der Waals surface area (Å²) in [6.45, 7) is 2.00. The van der Waals surface area contributed by atoms with Crippen LogP contribution in [0.15, 0.2) is 60.7 Å². The first kappa shape index (κ1) is 23.7. The molecule has 5 rings (SSSR count). The molecular weight excluding hydrogens is 458 g/mol. The van der Waals surface area contributed by atoms with Crippen LogP contribution in [-0.4, -0.2) is 31.2 Å². The molecule has 1 heterocycles. The predicted molar refractivity (Wildman–Crippen MR) is 134 cm³/mol. The summed E-state index contributed by atoms with van der Waals surface area (Å²) < 4.78 is 17.1. The van der Waals surface area contributed by atoms with Gasteiger partial charge in [0.2, 0.25) is 5.91 Å². The van der Waals surface area contributed by atoms with Gasteiger partial charge >= 0.3 is 5.97 Å². The fourth-order valence-electron chi connectivity index (χ4n) is 5.27. The molecule has 0 fully saturated rings. The highest BCUT2D eigenvalue weighted by Crippen LogP contribution is 2.45. The van der Waals surface area contributed by atoms with Gasteiger partial charge in [0.15, 0.2) is 0 Å². The van der Waals surface area contributed by atoms with Gasteiger partial charge in [0.1, 0.15) is 23.4 Å². The molecule has 3 atom stereocenters. The number of carbonyl (C=O) groups is 2. The van der Waals surface area contributed by atoms with Crippen LogP contribution in [-0.2, 0) is 16.6 Å². The molecule has 0 unspecified atom stereocenters. The Morgan fingerprint density at radius 3 is 2.39 bits per heavy atom. The molecule has 1 aliphatic carbocycles. The maximum absolute atomic E-state index is 13.8. The Kier molecular flexibility index (Phi) is 6.08. The second-order valence-corrected chi connectivity index (χ2v) is 9.55. The van der Waals surface area contributed by atoms with Crippen molar-refractivity contribution in [2.75, 3.05) is 14.2 Å².